The van der Waals surface area contributed by atoms with E-state index in [1.807, 2.05) is 39.0 Å². The van der Waals surface area contributed by atoms with Crippen LogP contribution < -0.4 is 10.1 Å². The first-order valence-corrected chi connectivity index (χ1v) is 13.8. The van der Waals surface area contributed by atoms with Crippen LogP contribution >= 0.6 is 0 Å². The third kappa shape index (κ3) is 8.97. The molecule has 0 saturated heterocycles. The van der Waals surface area contributed by atoms with Gasteiger partial charge in [-0.25, -0.2) is 4.79 Å². The third-order valence-electron chi connectivity index (χ3n) is 6.86. The van der Waals surface area contributed by atoms with Crippen molar-refractivity contribution < 1.29 is 24.1 Å². The zero-order valence-corrected chi connectivity index (χ0v) is 23.8. The predicted octanol–water partition coefficient (Wildman–Crippen LogP) is 5.66. The summed E-state index contributed by atoms with van der Waals surface area (Å²) in [6.45, 7) is 13.0. The summed E-state index contributed by atoms with van der Waals surface area (Å²) in [5.41, 5.74) is 4.50. The molecule has 0 spiro atoms. The van der Waals surface area contributed by atoms with Gasteiger partial charge in [0.15, 0.2) is 0 Å². The first kappa shape index (κ1) is 29.9. The second-order valence-corrected chi connectivity index (χ2v) is 11.2. The molecule has 6 heteroatoms. The van der Waals surface area contributed by atoms with Crippen molar-refractivity contribution in [3.63, 3.8) is 0 Å². The van der Waals surface area contributed by atoms with Crippen molar-refractivity contribution >= 4 is 12.0 Å². The van der Waals surface area contributed by atoms with E-state index in [1.54, 1.807) is 13.0 Å². The number of benzene rings is 2. The zero-order valence-electron chi connectivity index (χ0n) is 23.8. The SMILES string of the molecule is CCOC(=O)C=Cc1c(OC(C)C)cccc1[C@@H](C)OC[C@H](O)CNC(C)(C)CC1Cc2ccccc2C1. The van der Waals surface area contributed by atoms with Crippen molar-refractivity contribution in [2.24, 2.45) is 5.92 Å². The number of nitrogens with one attached hydrogen (secondary N) is 1. The van der Waals surface area contributed by atoms with Crippen molar-refractivity contribution in [3.05, 3.63) is 70.8 Å². The Labute approximate surface area is 228 Å². The van der Waals surface area contributed by atoms with Crippen LogP contribution in [0.15, 0.2) is 48.5 Å². The number of aliphatic hydroxyl groups excluding tert-OH is 1. The molecule has 1 aliphatic carbocycles. The first-order valence-electron chi connectivity index (χ1n) is 13.8. The Morgan fingerprint density at radius 1 is 1.11 bits per heavy atom. The fourth-order valence-electron chi connectivity index (χ4n) is 5.18. The number of fused-ring (bicyclic) bond motifs is 1. The summed E-state index contributed by atoms with van der Waals surface area (Å²) in [6, 6.07) is 14.5. The lowest BCUT2D eigenvalue weighted by Crippen LogP contribution is -2.45. The van der Waals surface area contributed by atoms with Gasteiger partial charge in [0.25, 0.3) is 0 Å². The van der Waals surface area contributed by atoms with E-state index >= 15 is 0 Å². The van der Waals surface area contributed by atoms with Crippen LogP contribution in [0.25, 0.3) is 6.08 Å². The summed E-state index contributed by atoms with van der Waals surface area (Å²) < 4.78 is 17.1. The number of β-amino-alcohol motifs (C(OH)–C–C–N with tert-alkyl or cyclic N) is 1. The van der Waals surface area contributed by atoms with Crippen molar-refractivity contribution in [1.82, 2.24) is 5.32 Å². The molecule has 0 heterocycles. The smallest absolute Gasteiger partial charge is 0.330 e. The van der Waals surface area contributed by atoms with Crippen molar-refractivity contribution in [3.8, 4) is 5.75 Å². The van der Waals surface area contributed by atoms with Crippen LogP contribution in [0.5, 0.6) is 5.75 Å². The Kier molecular flexibility index (Phi) is 11.0. The minimum Gasteiger partial charge on any atom is -0.490 e. The van der Waals surface area contributed by atoms with Gasteiger partial charge in [-0.1, -0.05) is 36.4 Å². The lowest BCUT2D eigenvalue weighted by molar-refractivity contribution is -0.137. The minimum absolute atomic E-state index is 0.0223. The third-order valence-corrected chi connectivity index (χ3v) is 6.86. The number of carbonyl (C=O) groups is 1. The van der Waals surface area contributed by atoms with E-state index in [4.69, 9.17) is 14.2 Å². The van der Waals surface area contributed by atoms with Crippen LogP contribution in [0.4, 0.5) is 0 Å². The van der Waals surface area contributed by atoms with Gasteiger partial charge in [-0.3, -0.25) is 0 Å². The summed E-state index contributed by atoms with van der Waals surface area (Å²) in [6.07, 6.45) is 5.43. The molecule has 3 rings (SSSR count). The summed E-state index contributed by atoms with van der Waals surface area (Å²) >= 11 is 0. The Balaban J connectivity index is 1.55. The monoisotopic (exact) mass is 523 g/mol. The largest absolute Gasteiger partial charge is 0.490 e. The highest BCUT2D eigenvalue weighted by atomic mass is 16.5. The average Bonchev–Trinajstić information content (AvgIpc) is 3.26. The summed E-state index contributed by atoms with van der Waals surface area (Å²) in [4.78, 5) is 11.9. The zero-order chi connectivity index (χ0) is 27.7. The maximum Gasteiger partial charge on any atom is 0.330 e. The molecule has 0 amide bonds. The Morgan fingerprint density at radius 3 is 2.42 bits per heavy atom. The summed E-state index contributed by atoms with van der Waals surface area (Å²) in [5.74, 6) is 0.883. The fourth-order valence-corrected chi connectivity index (χ4v) is 5.18. The Hall–Kier alpha value is -2.67. The molecular weight excluding hydrogens is 478 g/mol. The van der Waals surface area contributed by atoms with Crippen LogP contribution in [0.3, 0.4) is 0 Å². The van der Waals surface area contributed by atoms with Crippen LogP contribution in [0.1, 0.15) is 76.3 Å². The van der Waals surface area contributed by atoms with Gasteiger partial charge in [-0.05, 0) is 95.6 Å². The topological polar surface area (TPSA) is 77.0 Å². The summed E-state index contributed by atoms with van der Waals surface area (Å²) in [5, 5.41) is 14.3. The highest BCUT2D eigenvalue weighted by Gasteiger charge is 2.28. The number of esters is 1. The van der Waals surface area contributed by atoms with E-state index in [0.29, 0.717) is 24.8 Å². The van der Waals surface area contributed by atoms with Crippen LogP contribution in [-0.2, 0) is 27.1 Å². The maximum absolute atomic E-state index is 11.9. The van der Waals surface area contributed by atoms with Crippen LogP contribution in [0, 0.1) is 5.92 Å². The lowest BCUT2D eigenvalue weighted by atomic mass is 9.88. The highest BCUT2D eigenvalue weighted by Crippen LogP contribution is 2.33. The van der Waals surface area contributed by atoms with E-state index in [0.717, 1.165) is 30.4 Å². The Bertz CT molecular complexity index is 1050. The first-order chi connectivity index (χ1) is 18.1. The molecule has 2 atom stereocenters. The standard InChI is InChI=1S/C32H45NO5/c1-7-36-31(35)16-15-29-28(13-10-14-30(29)38-22(2)3)23(4)37-21-27(34)20-33-32(5,6)19-24-17-25-11-8-9-12-26(25)18-24/h8-16,22-24,27,33-34H,7,17-21H2,1-6H3/t23-,27-/m1/s1. The van der Waals surface area contributed by atoms with Gasteiger partial charge < -0.3 is 24.6 Å². The van der Waals surface area contributed by atoms with Crippen LogP contribution in [0.2, 0.25) is 0 Å². The second-order valence-electron chi connectivity index (χ2n) is 11.2. The van der Waals surface area contributed by atoms with Gasteiger partial charge in [0, 0.05) is 23.7 Å². The molecular formula is C32H45NO5. The number of rotatable bonds is 14. The molecule has 2 N–H and O–H groups in total. The molecule has 1 aliphatic rings. The van der Waals surface area contributed by atoms with Crippen molar-refractivity contribution in [2.45, 2.75) is 84.7 Å². The number of aliphatic hydroxyl groups is 1. The van der Waals surface area contributed by atoms with E-state index in [1.165, 1.54) is 17.2 Å². The molecule has 2 aromatic carbocycles. The predicted molar refractivity (Wildman–Crippen MR) is 152 cm³/mol. The molecule has 6 nitrogen and oxygen atoms in total. The molecule has 0 radical (unpaired) electrons. The molecule has 38 heavy (non-hydrogen) atoms. The molecule has 0 fully saturated rings. The normalized spacial score (nSPS) is 15.6. The van der Waals surface area contributed by atoms with Gasteiger partial charge >= 0.3 is 5.97 Å². The van der Waals surface area contributed by atoms with Gasteiger partial charge in [0.1, 0.15) is 5.75 Å². The number of hydrogen-bond acceptors (Lipinski definition) is 6. The summed E-state index contributed by atoms with van der Waals surface area (Å²) in [7, 11) is 0. The van der Waals surface area contributed by atoms with Gasteiger partial charge in [-0.15, -0.1) is 0 Å². The van der Waals surface area contributed by atoms with E-state index in [-0.39, 0.29) is 24.4 Å². The van der Waals surface area contributed by atoms with Crippen molar-refractivity contribution in [2.75, 3.05) is 19.8 Å². The molecule has 0 saturated carbocycles. The molecule has 0 aromatic heterocycles. The number of ether oxygens (including phenoxy) is 3. The Morgan fingerprint density at radius 2 is 1.79 bits per heavy atom. The van der Waals surface area contributed by atoms with Gasteiger partial charge in [0.2, 0.25) is 0 Å². The molecule has 2 aromatic rings. The maximum atomic E-state index is 11.9. The molecule has 0 bridgehead atoms. The fraction of sp³-hybridized carbons (Fsp3) is 0.531. The van der Waals surface area contributed by atoms with E-state index in [9.17, 15) is 9.90 Å². The molecule has 208 valence electrons. The number of hydrogen-bond donors (Lipinski definition) is 2. The minimum atomic E-state index is -0.647. The highest BCUT2D eigenvalue weighted by molar-refractivity contribution is 5.88. The van der Waals surface area contributed by atoms with Crippen LogP contribution in [-0.4, -0.2) is 48.6 Å². The average molecular weight is 524 g/mol. The lowest BCUT2D eigenvalue weighted by Gasteiger charge is -2.31. The molecule has 0 aliphatic heterocycles. The van der Waals surface area contributed by atoms with Gasteiger partial charge in [-0.2, -0.15) is 0 Å². The van der Waals surface area contributed by atoms with Crippen molar-refractivity contribution in [1.29, 1.82) is 0 Å². The molecule has 0 unspecified atom stereocenters. The quantitative estimate of drug-likeness (QED) is 0.246. The van der Waals surface area contributed by atoms with E-state index in [2.05, 4.69) is 43.4 Å². The van der Waals surface area contributed by atoms with E-state index < -0.39 is 12.1 Å². The second kappa shape index (κ2) is 13.9. The number of carbonyl (C=O) groups excluding carboxylic acids is 1. The van der Waals surface area contributed by atoms with Gasteiger partial charge in [0.05, 0.1) is 31.5 Å².